The van der Waals surface area contributed by atoms with E-state index < -0.39 is 0 Å². The number of aryl methyl sites for hydroxylation is 1. The lowest BCUT2D eigenvalue weighted by Gasteiger charge is -2.08. The summed E-state index contributed by atoms with van der Waals surface area (Å²) < 4.78 is 0. The molecule has 0 bridgehead atoms. The Kier molecular flexibility index (Phi) is 5.08. The molecule has 3 nitrogen and oxygen atoms in total. The lowest BCUT2D eigenvalue weighted by Crippen LogP contribution is -1.90. The molecule has 0 radical (unpaired) electrons. The van der Waals surface area contributed by atoms with Crippen LogP contribution in [-0.2, 0) is 6.42 Å². The minimum Gasteiger partial charge on any atom is -0.508 e. The molecule has 3 rings (SSSR count). The first-order chi connectivity index (χ1) is 12.4. The Hall–Kier alpha value is -2.68. The van der Waals surface area contributed by atoms with Crippen LogP contribution in [0.15, 0.2) is 47.6 Å². The van der Waals surface area contributed by atoms with Crippen LogP contribution in [0.25, 0.3) is 21.8 Å². The summed E-state index contributed by atoms with van der Waals surface area (Å²) in [5.74, 6) is 0.586. The molecule has 0 aliphatic heterocycles. The Morgan fingerprint density at radius 3 is 2.54 bits per heavy atom. The molecule has 26 heavy (non-hydrogen) atoms. The number of hydrogen-bond donors (Lipinski definition) is 3. The topological polar surface area (TPSA) is 56.2 Å². The molecule has 0 amide bonds. The predicted molar refractivity (Wildman–Crippen MR) is 110 cm³/mol. The third-order valence-corrected chi connectivity index (χ3v) is 4.89. The number of aromatic nitrogens is 1. The summed E-state index contributed by atoms with van der Waals surface area (Å²) >= 11 is 0. The van der Waals surface area contributed by atoms with Crippen LogP contribution in [0.3, 0.4) is 0 Å². The van der Waals surface area contributed by atoms with E-state index in [2.05, 4.69) is 37.9 Å². The standard InChI is InChI=1S/C23H27NO2/c1-14(2)6-5-7-15(3)8-10-19-22-20(12-16(4)23(19)26)18-11-9-17(25)13-21(18)24-22/h6,8-9,11-13,24-26H,5,7,10H2,1-4H3/b15-8-. The number of benzene rings is 2. The molecule has 0 fully saturated rings. The van der Waals surface area contributed by atoms with Gasteiger partial charge in [-0.3, -0.25) is 0 Å². The van der Waals surface area contributed by atoms with Crippen molar-refractivity contribution in [2.75, 3.05) is 0 Å². The molecule has 3 aromatic rings. The van der Waals surface area contributed by atoms with Crippen molar-refractivity contribution in [1.82, 2.24) is 4.98 Å². The van der Waals surface area contributed by atoms with E-state index in [9.17, 15) is 10.2 Å². The highest BCUT2D eigenvalue weighted by molar-refractivity contribution is 6.09. The maximum absolute atomic E-state index is 10.6. The van der Waals surface area contributed by atoms with Crippen LogP contribution in [-0.4, -0.2) is 15.2 Å². The van der Waals surface area contributed by atoms with Crippen LogP contribution in [0.4, 0.5) is 0 Å². The third kappa shape index (κ3) is 3.62. The largest absolute Gasteiger partial charge is 0.508 e. The fourth-order valence-corrected chi connectivity index (χ4v) is 3.40. The van der Waals surface area contributed by atoms with Gasteiger partial charge in [0.25, 0.3) is 0 Å². The molecule has 0 unspecified atom stereocenters. The molecule has 0 aliphatic rings. The summed E-state index contributed by atoms with van der Waals surface area (Å²) in [5, 5.41) is 22.5. The van der Waals surface area contributed by atoms with Crippen molar-refractivity contribution in [1.29, 1.82) is 0 Å². The number of nitrogens with one attached hydrogen (secondary N) is 1. The van der Waals surface area contributed by atoms with Gasteiger partial charge in [-0.25, -0.2) is 0 Å². The van der Waals surface area contributed by atoms with Gasteiger partial charge in [0.2, 0.25) is 0 Å². The summed E-state index contributed by atoms with van der Waals surface area (Å²) in [7, 11) is 0. The number of phenolic OH excluding ortho intramolecular Hbond substituents is 2. The number of allylic oxidation sites excluding steroid dienone is 4. The molecule has 0 aliphatic carbocycles. The second-order valence-electron chi connectivity index (χ2n) is 7.37. The fourth-order valence-electron chi connectivity index (χ4n) is 3.40. The summed E-state index contributed by atoms with van der Waals surface area (Å²) in [5.41, 5.74) is 6.29. The Morgan fingerprint density at radius 2 is 1.81 bits per heavy atom. The van der Waals surface area contributed by atoms with Gasteiger partial charge in [0.05, 0.1) is 11.0 Å². The van der Waals surface area contributed by atoms with Gasteiger partial charge in [0.15, 0.2) is 0 Å². The van der Waals surface area contributed by atoms with Crippen molar-refractivity contribution >= 4 is 21.8 Å². The van der Waals surface area contributed by atoms with Gasteiger partial charge in [-0.1, -0.05) is 23.3 Å². The van der Waals surface area contributed by atoms with E-state index in [1.165, 1.54) is 11.1 Å². The van der Waals surface area contributed by atoms with Crippen molar-refractivity contribution in [2.45, 2.75) is 47.0 Å². The smallest absolute Gasteiger partial charge is 0.124 e. The van der Waals surface area contributed by atoms with Crippen LogP contribution in [0, 0.1) is 6.92 Å². The van der Waals surface area contributed by atoms with Gasteiger partial charge in [-0.2, -0.15) is 0 Å². The number of fused-ring (bicyclic) bond motifs is 3. The Balaban J connectivity index is 2.00. The number of H-pyrrole nitrogens is 1. The molecule has 1 heterocycles. The van der Waals surface area contributed by atoms with E-state index in [0.29, 0.717) is 12.2 Å². The quantitative estimate of drug-likeness (QED) is 0.475. The maximum Gasteiger partial charge on any atom is 0.124 e. The van der Waals surface area contributed by atoms with E-state index >= 15 is 0 Å². The number of aromatic hydroxyl groups is 2. The van der Waals surface area contributed by atoms with E-state index in [-0.39, 0.29) is 5.75 Å². The van der Waals surface area contributed by atoms with Gasteiger partial charge in [-0.05, 0) is 70.7 Å². The monoisotopic (exact) mass is 349 g/mol. The first-order valence-corrected chi connectivity index (χ1v) is 9.11. The van der Waals surface area contributed by atoms with Crippen molar-refractivity contribution in [2.24, 2.45) is 0 Å². The van der Waals surface area contributed by atoms with Gasteiger partial charge in [-0.15, -0.1) is 0 Å². The third-order valence-electron chi connectivity index (χ3n) is 4.89. The summed E-state index contributed by atoms with van der Waals surface area (Å²) in [4.78, 5) is 3.38. The van der Waals surface area contributed by atoms with E-state index in [1.54, 1.807) is 12.1 Å². The van der Waals surface area contributed by atoms with Crippen molar-refractivity contribution < 1.29 is 10.2 Å². The van der Waals surface area contributed by atoms with Crippen LogP contribution >= 0.6 is 0 Å². The lowest BCUT2D eigenvalue weighted by atomic mass is 9.99. The molecule has 0 atom stereocenters. The first-order valence-electron chi connectivity index (χ1n) is 9.11. The molecular formula is C23H27NO2. The number of phenols is 2. The number of hydrogen-bond acceptors (Lipinski definition) is 2. The second-order valence-corrected chi connectivity index (χ2v) is 7.37. The zero-order chi connectivity index (χ0) is 18.8. The number of aromatic amines is 1. The van der Waals surface area contributed by atoms with Crippen LogP contribution in [0.2, 0.25) is 0 Å². The van der Waals surface area contributed by atoms with Gasteiger partial charge < -0.3 is 15.2 Å². The van der Waals surface area contributed by atoms with Crippen molar-refractivity contribution in [3.8, 4) is 11.5 Å². The summed E-state index contributed by atoms with van der Waals surface area (Å²) in [6, 6.07) is 7.36. The van der Waals surface area contributed by atoms with Crippen molar-refractivity contribution in [3.05, 3.63) is 58.7 Å². The van der Waals surface area contributed by atoms with Crippen LogP contribution in [0.1, 0.15) is 44.7 Å². The minimum absolute atomic E-state index is 0.238. The zero-order valence-electron chi connectivity index (χ0n) is 16.0. The average Bonchev–Trinajstić information content (AvgIpc) is 2.92. The zero-order valence-corrected chi connectivity index (χ0v) is 16.0. The Morgan fingerprint density at radius 1 is 1.04 bits per heavy atom. The molecule has 2 aromatic carbocycles. The van der Waals surface area contributed by atoms with Gasteiger partial charge in [0, 0.05) is 22.4 Å². The highest BCUT2D eigenvalue weighted by Crippen LogP contribution is 2.36. The van der Waals surface area contributed by atoms with E-state index in [4.69, 9.17) is 0 Å². The molecule has 0 saturated heterocycles. The second kappa shape index (κ2) is 7.28. The van der Waals surface area contributed by atoms with E-state index in [1.807, 2.05) is 19.1 Å². The van der Waals surface area contributed by atoms with Gasteiger partial charge in [0.1, 0.15) is 11.5 Å². The summed E-state index contributed by atoms with van der Waals surface area (Å²) in [6.07, 6.45) is 7.22. The first kappa shape index (κ1) is 18.1. The lowest BCUT2D eigenvalue weighted by molar-refractivity contribution is 0.466. The minimum atomic E-state index is 0.238. The number of rotatable bonds is 5. The van der Waals surface area contributed by atoms with Crippen LogP contribution < -0.4 is 0 Å². The molecule has 0 saturated carbocycles. The molecular weight excluding hydrogens is 322 g/mol. The molecule has 0 spiro atoms. The molecule has 136 valence electrons. The fraction of sp³-hybridized carbons (Fsp3) is 0.304. The molecule has 3 N–H and O–H groups in total. The molecule has 1 aromatic heterocycles. The SMILES string of the molecule is CC(C)=CCC/C(C)=C\Cc1c(O)c(C)cc2c1[nH]c1cc(O)ccc12. The van der Waals surface area contributed by atoms with E-state index in [0.717, 1.165) is 45.8 Å². The predicted octanol–water partition coefficient (Wildman–Crippen LogP) is 6.28. The summed E-state index contributed by atoms with van der Waals surface area (Å²) in [6.45, 7) is 8.32. The van der Waals surface area contributed by atoms with Gasteiger partial charge >= 0.3 is 0 Å². The molecule has 3 heteroatoms. The highest BCUT2D eigenvalue weighted by atomic mass is 16.3. The maximum atomic E-state index is 10.6. The highest BCUT2D eigenvalue weighted by Gasteiger charge is 2.14. The Bertz CT molecular complexity index is 1020. The Labute approximate surface area is 154 Å². The van der Waals surface area contributed by atoms with Crippen molar-refractivity contribution in [3.63, 3.8) is 0 Å². The van der Waals surface area contributed by atoms with Crippen LogP contribution in [0.5, 0.6) is 11.5 Å². The normalized spacial score (nSPS) is 12.1. The average molecular weight is 349 g/mol.